The third-order valence-electron chi connectivity index (χ3n) is 2.34. The van der Waals surface area contributed by atoms with Crippen LogP contribution in [0.2, 0.25) is 0 Å². The van der Waals surface area contributed by atoms with Gasteiger partial charge in [0.15, 0.2) is 0 Å². The van der Waals surface area contributed by atoms with Crippen LogP contribution < -0.4 is 4.72 Å². The van der Waals surface area contributed by atoms with Crippen LogP contribution in [0.5, 0.6) is 0 Å². The first-order chi connectivity index (χ1) is 8.85. The highest BCUT2D eigenvalue weighted by atomic mass is 127. The lowest BCUT2D eigenvalue weighted by Crippen LogP contribution is -2.34. The van der Waals surface area contributed by atoms with E-state index >= 15 is 0 Å². The van der Waals surface area contributed by atoms with Crippen LogP contribution in [0, 0.1) is 3.57 Å². The van der Waals surface area contributed by atoms with Crippen molar-refractivity contribution in [2.45, 2.75) is 6.42 Å². The summed E-state index contributed by atoms with van der Waals surface area (Å²) >= 11 is 2.09. The average Bonchev–Trinajstić information content (AvgIpc) is 2.34. The molecule has 8 heteroatoms. The van der Waals surface area contributed by atoms with Gasteiger partial charge < -0.3 is 4.74 Å². The standard InChI is InChI=1S/C11H15IN2O4S/c1-14(7-6-11(15)18-2)19(16,17)13-10-5-3-4-9(12)8-10/h3-5,8,13H,6-7H2,1-2H3. The van der Waals surface area contributed by atoms with Gasteiger partial charge in [0, 0.05) is 17.2 Å². The van der Waals surface area contributed by atoms with Crippen molar-refractivity contribution < 1.29 is 17.9 Å². The summed E-state index contributed by atoms with van der Waals surface area (Å²) in [6, 6.07) is 6.99. The maximum Gasteiger partial charge on any atom is 0.306 e. The number of esters is 1. The lowest BCUT2D eigenvalue weighted by molar-refractivity contribution is -0.140. The predicted octanol–water partition coefficient (Wildman–Crippen LogP) is 1.44. The lowest BCUT2D eigenvalue weighted by Gasteiger charge is -2.17. The van der Waals surface area contributed by atoms with Gasteiger partial charge in [-0.25, -0.2) is 0 Å². The molecule has 0 radical (unpaired) electrons. The summed E-state index contributed by atoms with van der Waals surface area (Å²) in [6.45, 7) is 0.0614. The molecule has 1 aromatic rings. The van der Waals surface area contributed by atoms with Crippen molar-refractivity contribution in [3.8, 4) is 0 Å². The smallest absolute Gasteiger partial charge is 0.306 e. The predicted molar refractivity (Wildman–Crippen MR) is 81.0 cm³/mol. The van der Waals surface area contributed by atoms with Gasteiger partial charge in [-0.05, 0) is 40.8 Å². The second-order valence-electron chi connectivity index (χ2n) is 3.77. The first kappa shape index (κ1) is 16.2. The van der Waals surface area contributed by atoms with Gasteiger partial charge in [-0.15, -0.1) is 0 Å². The van der Waals surface area contributed by atoms with Crippen molar-refractivity contribution in [1.82, 2.24) is 4.31 Å². The Balaban J connectivity index is 2.67. The minimum absolute atomic E-state index is 0.0141. The minimum Gasteiger partial charge on any atom is -0.469 e. The molecule has 1 rings (SSSR count). The summed E-state index contributed by atoms with van der Waals surface area (Å²) in [4.78, 5) is 11.0. The Bertz CT molecular complexity index is 547. The summed E-state index contributed by atoms with van der Waals surface area (Å²) in [5.74, 6) is -0.448. The monoisotopic (exact) mass is 398 g/mol. The van der Waals surface area contributed by atoms with Gasteiger partial charge in [0.25, 0.3) is 0 Å². The number of benzene rings is 1. The highest BCUT2D eigenvalue weighted by molar-refractivity contribution is 14.1. The molecule has 0 aromatic heterocycles. The molecule has 0 fully saturated rings. The molecule has 19 heavy (non-hydrogen) atoms. The number of halogens is 1. The molecular formula is C11H15IN2O4S. The number of ether oxygens (including phenoxy) is 1. The number of nitrogens with zero attached hydrogens (tertiary/aromatic N) is 1. The quantitative estimate of drug-likeness (QED) is 0.582. The highest BCUT2D eigenvalue weighted by Crippen LogP contribution is 2.14. The molecule has 0 atom stereocenters. The van der Waals surface area contributed by atoms with Crippen molar-refractivity contribution >= 4 is 44.5 Å². The van der Waals surface area contributed by atoms with Crippen molar-refractivity contribution in [3.05, 3.63) is 27.8 Å². The van der Waals surface area contributed by atoms with Crippen LogP contribution in [-0.4, -0.2) is 39.4 Å². The molecule has 0 aliphatic carbocycles. The van der Waals surface area contributed by atoms with E-state index < -0.39 is 16.2 Å². The molecule has 1 aromatic carbocycles. The Morgan fingerprint density at radius 1 is 1.47 bits per heavy atom. The molecule has 0 unspecified atom stereocenters. The van der Waals surface area contributed by atoms with Crippen LogP contribution in [0.25, 0.3) is 0 Å². The molecule has 0 amide bonds. The summed E-state index contributed by atoms with van der Waals surface area (Å²) in [7, 11) is -0.995. The van der Waals surface area contributed by atoms with E-state index in [9.17, 15) is 13.2 Å². The van der Waals surface area contributed by atoms with Crippen molar-refractivity contribution in [3.63, 3.8) is 0 Å². The van der Waals surface area contributed by atoms with Gasteiger partial charge in [0.2, 0.25) is 0 Å². The minimum atomic E-state index is -3.66. The van der Waals surface area contributed by atoms with Crippen LogP contribution in [0.15, 0.2) is 24.3 Å². The van der Waals surface area contributed by atoms with E-state index in [1.54, 1.807) is 18.2 Å². The fourth-order valence-electron chi connectivity index (χ4n) is 1.25. The van der Waals surface area contributed by atoms with Crippen molar-refractivity contribution in [2.24, 2.45) is 0 Å². The molecular weight excluding hydrogens is 383 g/mol. The Hall–Kier alpha value is -0.870. The van der Waals surface area contributed by atoms with Crippen LogP contribution in [0.1, 0.15) is 6.42 Å². The van der Waals surface area contributed by atoms with Crippen molar-refractivity contribution in [1.29, 1.82) is 0 Å². The highest BCUT2D eigenvalue weighted by Gasteiger charge is 2.18. The Labute approximate surface area is 126 Å². The molecule has 106 valence electrons. The number of rotatable bonds is 6. The first-order valence-corrected chi connectivity index (χ1v) is 7.93. The average molecular weight is 398 g/mol. The molecule has 1 N–H and O–H groups in total. The zero-order valence-corrected chi connectivity index (χ0v) is 13.6. The fraction of sp³-hybridized carbons (Fsp3) is 0.364. The van der Waals surface area contributed by atoms with Crippen LogP contribution in [-0.2, 0) is 19.7 Å². The van der Waals surface area contributed by atoms with Crippen molar-refractivity contribution in [2.75, 3.05) is 25.4 Å². The zero-order valence-electron chi connectivity index (χ0n) is 10.6. The normalized spacial score (nSPS) is 11.4. The Kier molecular flexibility index (Phi) is 6.01. The van der Waals surface area contributed by atoms with Gasteiger partial charge in [-0.2, -0.15) is 12.7 Å². The third-order valence-corrected chi connectivity index (χ3v) is 4.51. The number of methoxy groups -OCH3 is 1. The number of carbonyl (C=O) groups is 1. The first-order valence-electron chi connectivity index (χ1n) is 5.41. The maximum atomic E-state index is 12.0. The molecule has 0 spiro atoms. The van der Waals surface area contributed by atoms with Gasteiger partial charge in [0.1, 0.15) is 0 Å². The van der Waals surface area contributed by atoms with E-state index in [0.29, 0.717) is 5.69 Å². The van der Waals surface area contributed by atoms with E-state index in [2.05, 4.69) is 32.0 Å². The summed E-state index contributed by atoms with van der Waals surface area (Å²) < 4.78 is 32.9. The van der Waals surface area contributed by atoms with E-state index in [4.69, 9.17) is 0 Å². The molecule has 0 heterocycles. The second-order valence-corrected chi connectivity index (χ2v) is 6.79. The number of nitrogens with one attached hydrogen (secondary N) is 1. The number of carbonyl (C=O) groups excluding carboxylic acids is 1. The second kappa shape index (κ2) is 7.06. The van der Waals surface area contributed by atoms with E-state index in [-0.39, 0.29) is 13.0 Å². The van der Waals surface area contributed by atoms with Gasteiger partial charge >= 0.3 is 16.2 Å². The Morgan fingerprint density at radius 3 is 2.74 bits per heavy atom. The SMILES string of the molecule is COC(=O)CCN(C)S(=O)(=O)Nc1cccc(I)c1. The third kappa shape index (κ3) is 5.33. The maximum absolute atomic E-state index is 12.0. The molecule has 0 aliphatic heterocycles. The van der Waals surface area contributed by atoms with Gasteiger partial charge in [-0.3, -0.25) is 9.52 Å². The zero-order chi connectivity index (χ0) is 14.5. The van der Waals surface area contributed by atoms with Gasteiger partial charge in [-0.1, -0.05) is 6.07 Å². The summed E-state index contributed by atoms with van der Waals surface area (Å²) in [5, 5.41) is 0. The molecule has 6 nitrogen and oxygen atoms in total. The number of anilines is 1. The van der Waals surface area contributed by atoms with E-state index in [1.807, 2.05) is 6.07 Å². The van der Waals surface area contributed by atoms with Crippen LogP contribution in [0.4, 0.5) is 5.69 Å². The lowest BCUT2D eigenvalue weighted by atomic mass is 10.3. The fourth-order valence-corrected chi connectivity index (χ4v) is 2.71. The largest absolute Gasteiger partial charge is 0.469 e. The Morgan fingerprint density at radius 2 is 2.16 bits per heavy atom. The van der Waals surface area contributed by atoms with E-state index in [0.717, 1.165) is 7.88 Å². The van der Waals surface area contributed by atoms with Crippen LogP contribution >= 0.6 is 22.6 Å². The number of hydrogen-bond donors (Lipinski definition) is 1. The van der Waals surface area contributed by atoms with E-state index in [1.165, 1.54) is 14.2 Å². The molecule has 0 bridgehead atoms. The van der Waals surface area contributed by atoms with Gasteiger partial charge in [0.05, 0.1) is 19.2 Å². The summed E-state index contributed by atoms with van der Waals surface area (Å²) in [6.07, 6.45) is 0.0141. The number of hydrogen-bond acceptors (Lipinski definition) is 4. The summed E-state index contributed by atoms with van der Waals surface area (Å²) in [5.41, 5.74) is 0.483. The topological polar surface area (TPSA) is 75.7 Å². The molecule has 0 aliphatic rings. The van der Waals surface area contributed by atoms with Crippen LogP contribution in [0.3, 0.4) is 0 Å². The molecule has 0 saturated heterocycles. The molecule has 0 saturated carbocycles.